The number of benzene rings is 2. The van der Waals surface area contributed by atoms with Gasteiger partial charge in [-0.3, -0.25) is 9.59 Å². The fraction of sp³-hybridized carbons (Fsp3) is 0.364. The molecule has 0 aromatic heterocycles. The Labute approximate surface area is 155 Å². The third-order valence-electron chi connectivity index (χ3n) is 5.10. The molecule has 1 saturated heterocycles. The van der Waals surface area contributed by atoms with Gasteiger partial charge in [0.05, 0.1) is 0 Å². The lowest BCUT2D eigenvalue weighted by Gasteiger charge is -2.39. The van der Waals surface area contributed by atoms with E-state index in [0.717, 1.165) is 17.7 Å². The van der Waals surface area contributed by atoms with E-state index in [1.54, 1.807) is 9.80 Å². The Morgan fingerprint density at radius 1 is 1.00 bits per heavy atom. The second kappa shape index (κ2) is 8.17. The van der Waals surface area contributed by atoms with Gasteiger partial charge in [0.2, 0.25) is 11.8 Å². The van der Waals surface area contributed by atoms with Crippen molar-refractivity contribution in [3.8, 4) is 0 Å². The number of anilines is 1. The molecule has 136 valence electrons. The van der Waals surface area contributed by atoms with E-state index in [9.17, 15) is 9.59 Å². The van der Waals surface area contributed by atoms with Gasteiger partial charge in [0.15, 0.2) is 0 Å². The SMILES string of the molecule is CCc1ccc(N2CCN(C(=O)CCc3ccccc3)[C@H](C)C2=O)cc1. The highest BCUT2D eigenvalue weighted by Crippen LogP contribution is 2.22. The molecule has 0 radical (unpaired) electrons. The minimum Gasteiger partial charge on any atom is -0.329 e. The zero-order valence-electron chi connectivity index (χ0n) is 15.5. The summed E-state index contributed by atoms with van der Waals surface area (Å²) in [5.41, 5.74) is 3.31. The molecular formula is C22H26N2O2. The summed E-state index contributed by atoms with van der Waals surface area (Å²) in [6.07, 6.45) is 2.13. The van der Waals surface area contributed by atoms with E-state index in [1.165, 1.54) is 5.56 Å². The molecule has 0 bridgehead atoms. The zero-order chi connectivity index (χ0) is 18.5. The fourth-order valence-corrected chi connectivity index (χ4v) is 3.42. The first kappa shape index (κ1) is 18.2. The molecule has 1 fully saturated rings. The Morgan fingerprint density at radius 3 is 2.35 bits per heavy atom. The second-order valence-corrected chi connectivity index (χ2v) is 6.76. The van der Waals surface area contributed by atoms with Gasteiger partial charge >= 0.3 is 0 Å². The van der Waals surface area contributed by atoms with Crippen LogP contribution in [0.5, 0.6) is 0 Å². The molecule has 0 spiro atoms. The van der Waals surface area contributed by atoms with E-state index in [1.807, 2.05) is 49.4 Å². The smallest absolute Gasteiger partial charge is 0.249 e. The molecule has 0 unspecified atom stereocenters. The summed E-state index contributed by atoms with van der Waals surface area (Å²) in [6, 6.07) is 17.7. The first-order chi connectivity index (χ1) is 12.6. The molecule has 2 aromatic rings. The van der Waals surface area contributed by atoms with Crippen molar-refractivity contribution in [2.45, 2.75) is 39.2 Å². The number of hydrogen-bond acceptors (Lipinski definition) is 2. The highest BCUT2D eigenvalue weighted by Gasteiger charge is 2.34. The van der Waals surface area contributed by atoms with Crippen LogP contribution in [0, 0.1) is 0 Å². The largest absolute Gasteiger partial charge is 0.329 e. The molecule has 4 nitrogen and oxygen atoms in total. The summed E-state index contributed by atoms with van der Waals surface area (Å²) in [6.45, 7) is 5.07. The van der Waals surface area contributed by atoms with Crippen molar-refractivity contribution >= 4 is 17.5 Å². The molecule has 1 heterocycles. The predicted molar refractivity (Wildman–Crippen MR) is 104 cm³/mol. The standard InChI is InChI=1S/C22H26N2O2/c1-3-18-9-12-20(13-10-18)24-16-15-23(17(2)22(24)26)21(25)14-11-19-7-5-4-6-8-19/h4-10,12-13,17H,3,11,14-16H2,1-2H3/t17-/m1/s1. The predicted octanol–water partition coefficient (Wildman–Crippen LogP) is 3.45. The third kappa shape index (κ3) is 3.96. The van der Waals surface area contributed by atoms with Gasteiger partial charge in [-0.15, -0.1) is 0 Å². The van der Waals surface area contributed by atoms with Crippen LogP contribution in [0.25, 0.3) is 0 Å². The summed E-state index contributed by atoms with van der Waals surface area (Å²) in [5, 5.41) is 0. The minimum atomic E-state index is -0.419. The summed E-state index contributed by atoms with van der Waals surface area (Å²) < 4.78 is 0. The number of aryl methyl sites for hydroxylation is 2. The second-order valence-electron chi connectivity index (χ2n) is 6.76. The van der Waals surface area contributed by atoms with Crippen LogP contribution in [0.4, 0.5) is 5.69 Å². The van der Waals surface area contributed by atoms with Crippen LogP contribution in [-0.4, -0.2) is 35.8 Å². The van der Waals surface area contributed by atoms with Crippen molar-refractivity contribution in [3.63, 3.8) is 0 Å². The Hall–Kier alpha value is -2.62. The van der Waals surface area contributed by atoms with Gasteiger partial charge in [0.25, 0.3) is 0 Å². The van der Waals surface area contributed by atoms with E-state index in [0.29, 0.717) is 25.9 Å². The number of nitrogens with zero attached hydrogens (tertiary/aromatic N) is 2. The molecular weight excluding hydrogens is 324 g/mol. The average molecular weight is 350 g/mol. The lowest BCUT2D eigenvalue weighted by Crippen LogP contribution is -2.57. The number of carbonyl (C=O) groups is 2. The quantitative estimate of drug-likeness (QED) is 0.829. The van der Waals surface area contributed by atoms with E-state index in [-0.39, 0.29) is 11.8 Å². The lowest BCUT2D eigenvalue weighted by molar-refractivity contribution is -0.140. The van der Waals surface area contributed by atoms with Crippen molar-refractivity contribution in [2.24, 2.45) is 0 Å². The lowest BCUT2D eigenvalue weighted by atomic mass is 10.1. The van der Waals surface area contributed by atoms with E-state index >= 15 is 0 Å². The van der Waals surface area contributed by atoms with Gasteiger partial charge in [-0.1, -0.05) is 49.4 Å². The van der Waals surface area contributed by atoms with Crippen LogP contribution in [0.15, 0.2) is 54.6 Å². The maximum Gasteiger partial charge on any atom is 0.249 e. The molecule has 1 atom stereocenters. The molecule has 2 aromatic carbocycles. The molecule has 0 saturated carbocycles. The molecule has 0 aliphatic carbocycles. The third-order valence-corrected chi connectivity index (χ3v) is 5.10. The van der Waals surface area contributed by atoms with Gasteiger partial charge in [-0.25, -0.2) is 0 Å². The van der Waals surface area contributed by atoms with Crippen molar-refractivity contribution in [1.82, 2.24) is 4.90 Å². The summed E-state index contributed by atoms with van der Waals surface area (Å²) >= 11 is 0. The van der Waals surface area contributed by atoms with E-state index in [4.69, 9.17) is 0 Å². The van der Waals surface area contributed by atoms with Crippen LogP contribution in [0.2, 0.25) is 0 Å². The number of amides is 2. The Balaban J connectivity index is 1.62. The van der Waals surface area contributed by atoms with Crippen molar-refractivity contribution in [3.05, 3.63) is 65.7 Å². The summed E-state index contributed by atoms with van der Waals surface area (Å²) in [4.78, 5) is 28.9. The Kier molecular flexibility index (Phi) is 5.71. The topological polar surface area (TPSA) is 40.6 Å². The first-order valence-electron chi connectivity index (χ1n) is 9.34. The summed E-state index contributed by atoms with van der Waals surface area (Å²) in [7, 11) is 0. The van der Waals surface area contributed by atoms with Gasteiger partial charge in [0, 0.05) is 25.2 Å². The van der Waals surface area contributed by atoms with Gasteiger partial charge in [-0.2, -0.15) is 0 Å². The van der Waals surface area contributed by atoms with Gasteiger partial charge in [0.1, 0.15) is 6.04 Å². The average Bonchev–Trinajstić information content (AvgIpc) is 2.69. The van der Waals surface area contributed by atoms with E-state index in [2.05, 4.69) is 19.1 Å². The number of rotatable bonds is 5. The van der Waals surface area contributed by atoms with Crippen LogP contribution in [0.1, 0.15) is 31.4 Å². The first-order valence-corrected chi connectivity index (χ1v) is 9.34. The van der Waals surface area contributed by atoms with Crippen LogP contribution < -0.4 is 4.90 Å². The zero-order valence-corrected chi connectivity index (χ0v) is 15.5. The summed E-state index contributed by atoms with van der Waals surface area (Å²) in [5.74, 6) is 0.0456. The highest BCUT2D eigenvalue weighted by atomic mass is 16.2. The number of hydrogen-bond donors (Lipinski definition) is 0. The molecule has 26 heavy (non-hydrogen) atoms. The van der Waals surface area contributed by atoms with Crippen LogP contribution in [0.3, 0.4) is 0 Å². The minimum absolute atomic E-state index is 0.00596. The number of piperazine rings is 1. The normalized spacial score (nSPS) is 17.5. The Bertz CT molecular complexity index is 755. The van der Waals surface area contributed by atoms with Crippen molar-refractivity contribution < 1.29 is 9.59 Å². The van der Waals surface area contributed by atoms with Crippen molar-refractivity contribution in [1.29, 1.82) is 0 Å². The monoisotopic (exact) mass is 350 g/mol. The van der Waals surface area contributed by atoms with Gasteiger partial charge in [-0.05, 0) is 43.0 Å². The molecule has 2 amide bonds. The van der Waals surface area contributed by atoms with Crippen LogP contribution >= 0.6 is 0 Å². The van der Waals surface area contributed by atoms with E-state index < -0.39 is 6.04 Å². The van der Waals surface area contributed by atoms with Crippen molar-refractivity contribution in [2.75, 3.05) is 18.0 Å². The molecule has 3 rings (SSSR count). The van der Waals surface area contributed by atoms with Crippen LogP contribution in [-0.2, 0) is 22.4 Å². The maximum absolute atomic E-state index is 12.8. The fourth-order valence-electron chi connectivity index (χ4n) is 3.42. The molecule has 4 heteroatoms. The maximum atomic E-state index is 12.8. The molecule has 0 N–H and O–H groups in total. The highest BCUT2D eigenvalue weighted by molar-refractivity contribution is 6.00. The van der Waals surface area contributed by atoms with Gasteiger partial charge < -0.3 is 9.80 Å². The number of carbonyl (C=O) groups excluding carboxylic acids is 2. The molecule has 1 aliphatic heterocycles. The molecule has 1 aliphatic rings. The Morgan fingerprint density at radius 2 is 1.69 bits per heavy atom.